The van der Waals surface area contributed by atoms with Crippen LogP contribution in [0.4, 0.5) is 0 Å². The molecule has 0 spiro atoms. The van der Waals surface area contributed by atoms with E-state index in [0.717, 1.165) is 11.1 Å². The van der Waals surface area contributed by atoms with Crippen molar-refractivity contribution in [3.63, 3.8) is 0 Å². The van der Waals surface area contributed by atoms with Gasteiger partial charge >= 0.3 is 0 Å². The maximum atomic E-state index is 12.1. The van der Waals surface area contributed by atoms with Crippen molar-refractivity contribution in [2.45, 2.75) is 13.0 Å². The van der Waals surface area contributed by atoms with Crippen LogP contribution in [-0.2, 0) is 0 Å². The Morgan fingerprint density at radius 3 is 2.60 bits per heavy atom. The summed E-state index contributed by atoms with van der Waals surface area (Å²) in [5.74, 6) is -0.0334. The monoisotopic (exact) mass is 270 g/mol. The Kier molecular flexibility index (Phi) is 4.38. The Labute approximate surface area is 118 Å². The Balaban J connectivity index is 1.99. The summed E-state index contributed by atoms with van der Waals surface area (Å²) in [4.78, 5) is 12.1. The lowest BCUT2D eigenvalue weighted by molar-refractivity contribution is 0.0950. The van der Waals surface area contributed by atoms with E-state index in [1.807, 2.05) is 30.3 Å². The zero-order valence-electron chi connectivity index (χ0n) is 11.3. The molecule has 1 unspecified atom stereocenters. The van der Waals surface area contributed by atoms with Crippen molar-refractivity contribution < 1.29 is 9.90 Å². The zero-order chi connectivity index (χ0) is 14.5. The fourth-order valence-electron chi connectivity index (χ4n) is 2.02. The lowest BCUT2D eigenvalue weighted by atomic mass is 10.1. The van der Waals surface area contributed by atoms with Crippen LogP contribution in [0.1, 0.15) is 27.5 Å². The minimum atomic E-state index is -0.238. The number of carbonyl (C=O) groups is 1. The molecular weight excluding hydrogens is 252 g/mol. The van der Waals surface area contributed by atoms with Gasteiger partial charge in [0.05, 0.1) is 0 Å². The molecule has 0 bridgehead atoms. The first kappa shape index (κ1) is 14.1. The van der Waals surface area contributed by atoms with E-state index in [2.05, 4.69) is 5.32 Å². The summed E-state index contributed by atoms with van der Waals surface area (Å²) in [5, 5.41) is 12.1. The van der Waals surface area contributed by atoms with Crippen LogP contribution in [0.5, 0.6) is 5.75 Å². The average Bonchev–Trinajstić information content (AvgIpc) is 2.45. The fraction of sp³-hybridized carbons (Fsp3) is 0.188. The van der Waals surface area contributed by atoms with Gasteiger partial charge in [0.15, 0.2) is 0 Å². The molecular formula is C16H18N2O2. The van der Waals surface area contributed by atoms with E-state index in [1.165, 1.54) is 6.07 Å². The summed E-state index contributed by atoms with van der Waals surface area (Å²) in [7, 11) is 0. The first-order chi connectivity index (χ1) is 9.58. The van der Waals surface area contributed by atoms with Crippen molar-refractivity contribution in [2.24, 2.45) is 5.73 Å². The third-order valence-corrected chi connectivity index (χ3v) is 3.16. The van der Waals surface area contributed by atoms with E-state index in [-0.39, 0.29) is 17.7 Å². The molecule has 0 aromatic heterocycles. The van der Waals surface area contributed by atoms with Crippen LogP contribution < -0.4 is 11.1 Å². The molecule has 4 N–H and O–H groups in total. The number of rotatable bonds is 4. The molecule has 1 amide bonds. The number of hydrogen-bond acceptors (Lipinski definition) is 3. The van der Waals surface area contributed by atoms with Crippen molar-refractivity contribution in [1.29, 1.82) is 0 Å². The second-order valence-corrected chi connectivity index (χ2v) is 4.73. The Morgan fingerprint density at radius 2 is 1.95 bits per heavy atom. The Hall–Kier alpha value is -2.33. The first-order valence-corrected chi connectivity index (χ1v) is 6.46. The number of nitrogens with two attached hydrogens (primary N) is 1. The molecule has 0 aliphatic carbocycles. The van der Waals surface area contributed by atoms with Gasteiger partial charge in [-0.05, 0) is 36.2 Å². The molecule has 0 heterocycles. The van der Waals surface area contributed by atoms with E-state index in [9.17, 15) is 9.90 Å². The summed E-state index contributed by atoms with van der Waals surface area (Å²) >= 11 is 0. The van der Waals surface area contributed by atoms with Gasteiger partial charge in [0.2, 0.25) is 0 Å². The number of hydrogen-bond donors (Lipinski definition) is 3. The van der Waals surface area contributed by atoms with Gasteiger partial charge in [-0.2, -0.15) is 0 Å². The lowest BCUT2D eigenvalue weighted by Crippen LogP contribution is -2.32. The van der Waals surface area contributed by atoms with Crippen LogP contribution in [0.3, 0.4) is 0 Å². The summed E-state index contributed by atoms with van der Waals surface area (Å²) in [6.45, 7) is 2.15. The number of amides is 1. The van der Waals surface area contributed by atoms with Gasteiger partial charge in [-0.1, -0.05) is 30.3 Å². The molecule has 0 aliphatic rings. The number of aryl methyl sites for hydroxylation is 1. The van der Waals surface area contributed by atoms with Crippen LogP contribution in [0.2, 0.25) is 0 Å². The molecule has 2 aromatic rings. The summed E-state index contributed by atoms with van der Waals surface area (Å²) in [6, 6.07) is 14.1. The Bertz CT molecular complexity index is 597. The SMILES string of the molecule is Cc1cc(O)ccc1C(=O)NCC(N)c1ccccc1. The third kappa shape index (κ3) is 3.36. The molecule has 2 aromatic carbocycles. The molecule has 4 nitrogen and oxygen atoms in total. The molecule has 1 atom stereocenters. The topological polar surface area (TPSA) is 75.3 Å². The predicted molar refractivity (Wildman–Crippen MR) is 78.5 cm³/mol. The maximum Gasteiger partial charge on any atom is 0.251 e. The highest BCUT2D eigenvalue weighted by Crippen LogP contribution is 2.16. The standard InChI is InChI=1S/C16H18N2O2/c1-11-9-13(19)7-8-14(11)16(20)18-10-15(17)12-5-3-2-4-6-12/h2-9,15,19H,10,17H2,1H3,(H,18,20). The number of phenols is 1. The first-order valence-electron chi connectivity index (χ1n) is 6.46. The van der Waals surface area contributed by atoms with Crippen molar-refractivity contribution in [3.8, 4) is 5.75 Å². The molecule has 104 valence electrons. The van der Waals surface area contributed by atoms with E-state index in [0.29, 0.717) is 12.1 Å². The number of benzene rings is 2. The predicted octanol–water partition coefficient (Wildman–Crippen LogP) is 2.13. The van der Waals surface area contributed by atoms with E-state index < -0.39 is 0 Å². The lowest BCUT2D eigenvalue weighted by Gasteiger charge is -2.14. The van der Waals surface area contributed by atoms with E-state index >= 15 is 0 Å². The van der Waals surface area contributed by atoms with Crippen molar-refractivity contribution >= 4 is 5.91 Å². The maximum absolute atomic E-state index is 12.1. The zero-order valence-corrected chi connectivity index (χ0v) is 11.3. The molecule has 0 aliphatic heterocycles. The van der Waals surface area contributed by atoms with Crippen LogP contribution in [0, 0.1) is 6.92 Å². The van der Waals surface area contributed by atoms with E-state index in [4.69, 9.17) is 5.73 Å². The van der Waals surface area contributed by atoms with Gasteiger partial charge in [0.25, 0.3) is 5.91 Å². The number of nitrogens with one attached hydrogen (secondary N) is 1. The molecule has 4 heteroatoms. The van der Waals surface area contributed by atoms with Crippen LogP contribution in [0.25, 0.3) is 0 Å². The van der Waals surface area contributed by atoms with Crippen LogP contribution in [-0.4, -0.2) is 17.6 Å². The molecule has 0 saturated carbocycles. The normalized spacial score (nSPS) is 11.9. The molecule has 20 heavy (non-hydrogen) atoms. The summed E-state index contributed by atoms with van der Waals surface area (Å²) < 4.78 is 0. The fourth-order valence-corrected chi connectivity index (χ4v) is 2.02. The van der Waals surface area contributed by atoms with Crippen LogP contribution in [0.15, 0.2) is 48.5 Å². The minimum Gasteiger partial charge on any atom is -0.508 e. The smallest absolute Gasteiger partial charge is 0.251 e. The van der Waals surface area contributed by atoms with Gasteiger partial charge in [-0.15, -0.1) is 0 Å². The van der Waals surface area contributed by atoms with Crippen molar-refractivity contribution in [1.82, 2.24) is 5.32 Å². The average molecular weight is 270 g/mol. The summed E-state index contributed by atoms with van der Waals surface area (Å²) in [5.41, 5.74) is 8.29. The molecule has 2 rings (SSSR count). The Morgan fingerprint density at radius 1 is 1.25 bits per heavy atom. The quantitative estimate of drug-likeness (QED) is 0.796. The highest BCUT2D eigenvalue weighted by molar-refractivity contribution is 5.95. The molecule has 0 fully saturated rings. The second-order valence-electron chi connectivity index (χ2n) is 4.73. The van der Waals surface area contributed by atoms with Gasteiger partial charge < -0.3 is 16.2 Å². The molecule has 0 saturated heterocycles. The van der Waals surface area contributed by atoms with Gasteiger partial charge in [0.1, 0.15) is 5.75 Å². The van der Waals surface area contributed by atoms with Crippen LogP contribution >= 0.6 is 0 Å². The number of phenolic OH excluding ortho intramolecular Hbond substituents is 1. The highest BCUT2D eigenvalue weighted by atomic mass is 16.3. The second kappa shape index (κ2) is 6.21. The van der Waals surface area contributed by atoms with Gasteiger partial charge in [0, 0.05) is 18.2 Å². The summed E-state index contributed by atoms with van der Waals surface area (Å²) in [6.07, 6.45) is 0. The third-order valence-electron chi connectivity index (χ3n) is 3.16. The van der Waals surface area contributed by atoms with Gasteiger partial charge in [-0.25, -0.2) is 0 Å². The van der Waals surface area contributed by atoms with Crippen molar-refractivity contribution in [2.75, 3.05) is 6.54 Å². The van der Waals surface area contributed by atoms with Crippen molar-refractivity contribution in [3.05, 3.63) is 65.2 Å². The number of aromatic hydroxyl groups is 1. The molecule has 0 radical (unpaired) electrons. The highest BCUT2D eigenvalue weighted by Gasteiger charge is 2.11. The van der Waals surface area contributed by atoms with E-state index in [1.54, 1.807) is 19.1 Å². The largest absolute Gasteiger partial charge is 0.508 e. The van der Waals surface area contributed by atoms with Gasteiger partial charge in [-0.3, -0.25) is 4.79 Å². The minimum absolute atomic E-state index is 0.153. The number of carbonyl (C=O) groups excluding carboxylic acids is 1.